The third kappa shape index (κ3) is 4.28. The molecule has 4 rings (SSSR count). The van der Waals surface area contributed by atoms with Gasteiger partial charge in [0.05, 0.1) is 22.2 Å². The lowest BCUT2D eigenvalue weighted by molar-refractivity contribution is -0.910. The highest BCUT2D eigenvalue weighted by atomic mass is 35.5. The number of nitrogens with zero attached hydrogens (tertiary/aromatic N) is 1. The largest absolute Gasteiger partial charge is 0.486 e. The number of benzene rings is 2. The number of rotatable bonds is 5. The van der Waals surface area contributed by atoms with E-state index in [1.54, 1.807) is 0 Å². The van der Waals surface area contributed by atoms with Crippen molar-refractivity contribution in [2.24, 2.45) is 0 Å². The lowest BCUT2D eigenvalue weighted by atomic mass is 10.0. The Morgan fingerprint density at radius 3 is 2.76 bits per heavy atom. The number of amides is 1. The molecule has 0 radical (unpaired) electrons. The summed E-state index contributed by atoms with van der Waals surface area (Å²) in [6, 6.07) is 10.2. The normalized spacial score (nSPS) is 20.3. The van der Waals surface area contributed by atoms with Gasteiger partial charge in [-0.3, -0.25) is 14.9 Å². The van der Waals surface area contributed by atoms with Crippen LogP contribution in [0.4, 0.5) is 11.4 Å². The Labute approximate surface area is 172 Å². The number of carbonyl (C=O) groups excluding carboxylic acids is 1. The molecule has 1 fully saturated rings. The van der Waals surface area contributed by atoms with Crippen LogP contribution in [0.3, 0.4) is 0 Å². The molecule has 2 aliphatic rings. The van der Waals surface area contributed by atoms with E-state index in [0.717, 1.165) is 41.3 Å². The maximum Gasteiger partial charge on any atom is 0.279 e. The van der Waals surface area contributed by atoms with E-state index in [9.17, 15) is 14.9 Å². The first-order valence-electron chi connectivity index (χ1n) is 9.49. The van der Waals surface area contributed by atoms with Crippen molar-refractivity contribution >= 4 is 28.9 Å². The van der Waals surface area contributed by atoms with Gasteiger partial charge in [0.1, 0.15) is 19.3 Å². The van der Waals surface area contributed by atoms with Crippen LogP contribution in [0.2, 0.25) is 5.02 Å². The quantitative estimate of drug-likeness (QED) is 0.574. The van der Waals surface area contributed by atoms with Crippen molar-refractivity contribution in [2.45, 2.75) is 18.9 Å². The van der Waals surface area contributed by atoms with E-state index in [2.05, 4.69) is 5.32 Å². The van der Waals surface area contributed by atoms with Crippen LogP contribution in [0, 0.1) is 10.1 Å². The van der Waals surface area contributed by atoms with Crippen LogP contribution in [-0.2, 0) is 4.79 Å². The highest BCUT2D eigenvalue weighted by molar-refractivity contribution is 6.34. The molecule has 2 atom stereocenters. The van der Waals surface area contributed by atoms with Crippen molar-refractivity contribution < 1.29 is 24.1 Å². The van der Waals surface area contributed by atoms with E-state index in [0.29, 0.717) is 18.9 Å². The Kier molecular flexibility index (Phi) is 5.55. The number of hydrogen-bond donors (Lipinski definition) is 2. The molecule has 0 bridgehead atoms. The fraction of sp³-hybridized carbons (Fsp3) is 0.350. The summed E-state index contributed by atoms with van der Waals surface area (Å²) in [7, 11) is 0. The molecule has 1 amide bonds. The second-order valence-electron chi connectivity index (χ2n) is 7.15. The fourth-order valence-corrected chi connectivity index (χ4v) is 4.14. The summed E-state index contributed by atoms with van der Waals surface area (Å²) in [4.78, 5) is 24.0. The summed E-state index contributed by atoms with van der Waals surface area (Å²) in [5.41, 5.74) is 1.39. The molecule has 0 spiro atoms. The van der Waals surface area contributed by atoms with Gasteiger partial charge in [0.25, 0.3) is 11.6 Å². The minimum absolute atomic E-state index is 0.114. The first-order valence-corrected chi connectivity index (χ1v) is 9.87. The van der Waals surface area contributed by atoms with Gasteiger partial charge in [0.15, 0.2) is 18.0 Å². The van der Waals surface area contributed by atoms with Gasteiger partial charge in [0.2, 0.25) is 0 Å². The van der Waals surface area contributed by atoms with E-state index >= 15 is 0 Å². The number of ether oxygens (including phenoxy) is 2. The number of nitro groups is 1. The maximum absolute atomic E-state index is 12.6. The summed E-state index contributed by atoms with van der Waals surface area (Å²) >= 11 is 6.07. The highest BCUT2D eigenvalue weighted by Gasteiger charge is 2.32. The number of quaternary nitrogens is 1. The number of likely N-dealkylation sites (tertiary alicyclic amines) is 1. The minimum Gasteiger partial charge on any atom is -0.486 e. The van der Waals surface area contributed by atoms with Crippen molar-refractivity contribution in [3.05, 3.63) is 57.1 Å². The van der Waals surface area contributed by atoms with Crippen molar-refractivity contribution in [1.82, 2.24) is 0 Å². The molecule has 9 heteroatoms. The molecule has 0 aliphatic carbocycles. The third-order valence-corrected chi connectivity index (χ3v) is 5.59. The topological polar surface area (TPSA) is 95.1 Å². The van der Waals surface area contributed by atoms with Crippen LogP contribution in [0.1, 0.15) is 24.4 Å². The van der Waals surface area contributed by atoms with Gasteiger partial charge in [-0.25, -0.2) is 0 Å². The fourth-order valence-electron chi connectivity index (χ4n) is 3.92. The Bertz CT molecular complexity index is 952. The maximum atomic E-state index is 12.6. The second kappa shape index (κ2) is 8.26. The summed E-state index contributed by atoms with van der Waals surface area (Å²) in [6.07, 6.45) is 2.01. The SMILES string of the molecule is O=C(C[NH+]1CCC[C@H]1c1ccc2c(c1)OCCO2)Nc1ccc([N+](=O)[O-])cc1Cl. The van der Waals surface area contributed by atoms with E-state index in [4.69, 9.17) is 21.1 Å². The Hall–Kier alpha value is -2.84. The summed E-state index contributed by atoms with van der Waals surface area (Å²) in [5.74, 6) is 1.33. The molecule has 2 aromatic carbocycles. The lowest BCUT2D eigenvalue weighted by Gasteiger charge is -2.24. The summed E-state index contributed by atoms with van der Waals surface area (Å²) in [6.45, 7) is 2.27. The van der Waals surface area contributed by atoms with E-state index in [1.807, 2.05) is 18.2 Å². The standard InChI is InChI=1S/C20H20ClN3O5/c21-15-11-14(24(26)27)4-5-16(15)22-20(25)12-23-7-1-2-17(23)13-3-6-18-19(10-13)29-9-8-28-18/h3-6,10-11,17H,1-2,7-9,12H2,(H,22,25)/p+1/t17-/m0/s1. The number of anilines is 1. The lowest BCUT2D eigenvalue weighted by Crippen LogP contribution is -3.11. The van der Waals surface area contributed by atoms with E-state index in [-0.39, 0.29) is 29.2 Å². The second-order valence-corrected chi connectivity index (χ2v) is 7.56. The van der Waals surface area contributed by atoms with Crippen LogP contribution in [0.25, 0.3) is 0 Å². The third-order valence-electron chi connectivity index (χ3n) is 5.28. The molecule has 2 N–H and O–H groups in total. The zero-order chi connectivity index (χ0) is 20.4. The van der Waals surface area contributed by atoms with Gasteiger partial charge in [-0.1, -0.05) is 11.6 Å². The van der Waals surface area contributed by atoms with Gasteiger partial charge in [0, 0.05) is 30.5 Å². The van der Waals surface area contributed by atoms with Gasteiger partial charge in [-0.2, -0.15) is 0 Å². The van der Waals surface area contributed by atoms with E-state index < -0.39 is 4.92 Å². The molecule has 1 saturated heterocycles. The van der Waals surface area contributed by atoms with Crippen molar-refractivity contribution in [1.29, 1.82) is 0 Å². The molecule has 2 heterocycles. The van der Waals surface area contributed by atoms with Gasteiger partial charge in [-0.15, -0.1) is 0 Å². The number of hydrogen-bond acceptors (Lipinski definition) is 5. The smallest absolute Gasteiger partial charge is 0.279 e. The average Bonchev–Trinajstić information content (AvgIpc) is 3.17. The van der Waals surface area contributed by atoms with Crippen LogP contribution in [0.5, 0.6) is 11.5 Å². The molecular formula is C20H21ClN3O5+. The number of carbonyl (C=O) groups is 1. The van der Waals surface area contributed by atoms with E-state index in [1.165, 1.54) is 18.2 Å². The molecular weight excluding hydrogens is 398 g/mol. The Balaban J connectivity index is 1.43. The molecule has 152 valence electrons. The molecule has 0 saturated carbocycles. The van der Waals surface area contributed by atoms with Crippen LogP contribution in [-0.4, -0.2) is 37.1 Å². The van der Waals surface area contributed by atoms with Crippen molar-refractivity contribution in [3.8, 4) is 11.5 Å². The van der Waals surface area contributed by atoms with Crippen LogP contribution >= 0.6 is 11.6 Å². The van der Waals surface area contributed by atoms with Crippen molar-refractivity contribution in [3.63, 3.8) is 0 Å². The monoisotopic (exact) mass is 418 g/mol. The van der Waals surface area contributed by atoms with Gasteiger partial charge < -0.3 is 19.7 Å². The molecule has 2 aliphatic heterocycles. The van der Waals surface area contributed by atoms with Crippen molar-refractivity contribution in [2.75, 3.05) is 31.6 Å². The molecule has 8 nitrogen and oxygen atoms in total. The molecule has 29 heavy (non-hydrogen) atoms. The van der Waals surface area contributed by atoms with Gasteiger partial charge >= 0.3 is 0 Å². The predicted octanol–water partition coefficient (Wildman–Crippen LogP) is 2.38. The van der Waals surface area contributed by atoms with Crippen LogP contribution in [0.15, 0.2) is 36.4 Å². The Morgan fingerprint density at radius 1 is 1.21 bits per heavy atom. The number of fused-ring (bicyclic) bond motifs is 1. The number of nitrogens with one attached hydrogen (secondary N) is 2. The predicted molar refractivity (Wildman–Crippen MR) is 107 cm³/mol. The molecule has 0 aromatic heterocycles. The molecule has 2 aromatic rings. The summed E-state index contributed by atoms with van der Waals surface area (Å²) in [5, 5.41) is 13.7. The number of non-ortho nitro benzene ring substituents is 1. The highest BCUT2D eigenvalue weighted by Crippen LogP contribution is 2.33. The zero-order valence-electron chi connectivity index (χ0n) is 15.7. The first-order chi connectivity index (χ1) is 14.0. The zero-order valence-corrected chi connectivity index (χ0v) is 16.4. The van der Waals surface area contributed by atoms with Gasteiger partial charge in [-0.05, 0) is 24.3 Å². The molecule has 1 unspecified atom stereocenters. The first kappa shape index (κ1) is 19.5. The average molecular weight is 419 g/mol. The number of nitro benzene ring substituents is 1. The Morgan fingerprint density at radius 2 is 2.00 bits per heavy atom. The minimum atomic E-state index is -0.524. The van der Waals surface area contributed by atoms with Crippen LogP contribution < -0.4 is 19.7 Å². The summed E-state index contributed by atoms with van der Waals surface area (Å²) < 4.78 is 11.3. The number of halogens is 1.